The summed E-state index contributed by atoms with van der Waals surface area (Å²) in [6.45, 7) is 2.72. The van der Waals surface area contributed by atoms with Gasteiger partial charge in [-0.15, -0.1) is 0 Å². The van der Waals surface area contributed by atoms with E-state index in [2.05, 4.69) is 45.7 Å². The molecule has 0 saturated heterocycles. The molecule has 0 spiro atoms. The number of nitrogens with one attached hydrogen (secondary N) is 1. The molecule has 0 heterocycles. The zero-order valence-electron chi connectivity index (χ0n) is 10.9. The third-order valence-corrected chi connectivity index (χ3v) is 2.84. The predicted octanol–water partition coefficient (Wildman–Crippen LogP) is 3.69. The lowest BCUT2D eigenvalue weighted by Crippen LogP contribution is -2.16. The minimum atomic E-state index is 0.617. The Hall–Kier alpha value is -1.51. The van der Waals surface area contributed by atoms with E-state index in [-0.39, 0.29) is 0 Å². The second kappa shape index (κ2) is 10.6. The molecule has 18 heavy (non-hydrogen) atoms. The molecule has 1 aromatic carbocycles. The van der Waals surface area contributed by atoms with Crippen LogP contribution in [-0.2, 0) is 6.42 Å². The van der Waals surface area contributed by atoms with Crippen molar-refractivity contribution in [2.45, 2.75) is 32.1 Å². The first-order valence-electron chi connectivity index (χ1n) is 6.69. The normalized spacial score (nSPS) is 10.0. The molecule has 0 fully saturated rings. The summed E-state index contributed by atoms with van der Waals surface area (Å²) in [6.07, 6.45) is 5.67. The first-order chi connectivity index (χ1) is 8.93. The summed E-state index contributed by atoms with van der Waals surface area (Å²) in [5.41, 5.74) is 9.53. The smallest absolute Gasteiger partial charge is 0.0258 e. The van der Waals surface area contributed by atoms with Gasteiger partial charge in [0.2, 0.25) is 0 Å². The molecule has 0 aliphatic heterocycles. The summed E-state index contributed by atoms with van der Waals surface area (Å²) in [7, 11) is 0. The van der Waals surface area contributed by atoms with E-state index in [1.807, 2.05) is 0 Å². The molecule has 0 saturated carbocycles. The van der Waals surface area contributed by atoms with E-state index in [4.69, 9.17) is 5.53 Å². The van der Waals surface area contributed by atoms with Gasteiger partial charge in [-0.2, -0.15) is 0 Å². The van der Waals surface area contributed by atoms with Gasteiger partial charge in [0.05, 0.1) is 0 Å². The second-order valence-corrected chi connectivity index (χ2v) is 4.35. The molecule has 0 atom stereocenters. The van der Waals surface area contributed by atoms with Crippen LogP contribution in [0.25, 0.3) is 10.4 Å². The Labute approximate surface area is 109 Å². The van der Waals surface area contributed by atoms with Crippen LogP contribution in [0.2, 0.25) is 0 Å². The van der Waals surface area contributed by atoms with Gasteiger partial charge in [-0.05, 0) is 56.3 Å². The van der Waals surface area contributed by atoms with Gasteiger partial charge in [-0.25, -0.2) is 0 Å². The van der Waals surface area contributed by atoms with Crippen LogP contribution in [0.4, 0.5) is 0 Å². The van der Waals surface area contributed by atoms with Crippen LogP contribution in [0.15, 0.2) is 35.4 Å². The molecule has 0 aliphatic rings. The van der Waals surface area contributed by atoms with Crippen molar-refractivity contribution in [2.75, 3.05) is 19.6 Å². The zero-order valence-corrected chi connectivity index (χ0v) is 10.9. The van der Waals surface area contributed by atoms with Crippen molar-refractivity contribution in [2.24, 2.45) is 5.11 Å². The Morgan fingerprint density at radius 2 is 1.72 bits per heavy atom. The van der Waals surface area contributed by atoms with Crippen LogP contribution >= 0.6 is 0 Å². The maximum absolute atomic E-state index is 8.10. The van der Waals surface area contributed by atoms with Gasteiger partial charge in [0.25, 0.3) is 0 Å². The van der Waals surface area contributed by atoms with Crippen LogP contribution in [0.3, 0.4) is 0 Å². The molecule has 0 unspecified atom stereocenters. The first-order valence-corrected chi connectivity index (χ1v) is 6.69. The van der Waals surface area contributed by atoms with Gasteiger partial charge in [-0.1, -0.05) is 35.4 Å². The third kappa shape index (κ3) is 7.71. The fourth-order valence-corrected chi connectivity index (χ4v) is 1.83. The van der Waals surface area contributed by atoms with E-state index >= 15 is 0 Å². The highest BCUT2D eigenvalue weighted by atomic mass is 15.1. The van der Waals surface area contributed by atoms with Crippen molar-refractivity contribution in [3.63, 3.8) is 0 Å². The van der Waals surface area contributed by atoms with Gasteiger partial charge in [0.1, 0.15) is 0 Å². The van der Waals surface area contributed by atoms with Crippen LogP contribution in [-0.4, -0.2) is 19.6 Å². The maximum atomic E-state index is 8.10. The van der Waals surface area contributed by atoms with Crippen molar-refractivity contribution in [3.05, 3.63) is 46.3 Å². The van der Waals surface area contributed by atoms with Crippen molar-refractivity contribution < 1.29 is 0 Å². The molecule has 1 aromatic rings. The number of nitrogens with zero attached hydrogens (tertiary/aromatic N) is 3. The zero-order chi connectivity index (χ0) is 12.9. The summed E-state index contributed by atoms with van der Waals surface area (Å²) in [5.74, 6) is 0. The minimum Gasteiger partial charge on any atom is -0.317 e. The quantitative estimate of drug-likeness (QED) is 0.291. The lowest BCUT2D eigenvalue weighted by Gasteiger charge is -2.04. The predicted molar refractivity (Wildman–Crippen MR) is 75.5 cm³/mol. The fraction of sp³-hybridized carbons (Fsp3) is 0.571. The SMILES string of the molecule is [N-]=[N+]=NCCCCNCCCCc1ccccc1. The topological polar surface area (TPSA) is 60.8 Å². The molecule has 0 amide bonds. The van der Waals surface area contributed by atoms with E-state index in [1.165, 1.54) is 24.8 Å². The Bertz CT molecular complexity index is 344. The number of aryl methyl sites for hydroxylation is 1. The number of azide groups is 1. The highest BCUT2D eigenvalue weighted by Crippen LogP contribution is 2.03. The van der Waals surface area contributed by atoms with Crippen LogP contribution in [0.5, 0.6) is 0 Å². The first kappa shape index (κ1) is 14.6. The molecule has 4 heteroatoms. The third-order valence-electron chi connectivity index (χ3n) is 2.84. The summed E-state index contributed by atoms with van der Waals surface area (Å²) in [5, 5.41) is 6.92. The molecule has 0 aliphatic carbocycles. The van der Waals surface area contributed by atoms with Gasteiger partial charge >= 0.3 is 0 Å². The lowest BCUT2D eigenvalue weighted by atomic mass is 10.1. The number of hydrogen-bond acceptors (Lipinski definition) is 2. The van der Waals surface area contributed by atoms with Crippen molar-refractivity contribution in [3.8, 4) is 0 Å². The summed E-state index contributed by atoms with van der Waals surface area (Å²) >= 11 is 0. The van der Waals surface area contributed by atoms with Gasteiger partial charge in [-0.3, -0.25) is 0 Å². The second-order valence-electron chi connectivity index (χ2n) is 4.35. The summed E-state index contributed by atoms with van der Waals surface area (Å²) in [4.78, 5) is 2.73. The molecular weight excluding hydrogens is 224 g/mol. The largest absolute Gasteiger partial charge is 0.317 e. The van der Waals surface area contributed by atoms with E-state index < -0.39 is 0 Å². The van der Waals surface area contributed by atoms with Gasteiger partial charge < -0.3 is 5.32 Å². The van der Waals surface area contributed by atoms with Crippen LogP contribution in [0, 0.1) is 0 Å². The minimum absolute atomic E-state index is 0.617. The van der Waals surface area contributed by atoms with E-state index in [1.54, 1.807) is 0 Å². The van der Waals surface area contributed by atoms with Gasteiger partial charge in [0, 0.05) is 11.5 Å². The fourth-order valence-electron chi connectivity index (χ4n) is 1.83. The number of hydrogen-bond donors (Lipinski definition) is 1. The standard InChI is InChI=1S/C14H22N4/c15-18-17-13-7-6-12-16-11-5-4-10-14-8-2-1-3-9-14/h1-3,8-9,16H,4-7,10-13H2. The van der Waals surface area contributed by atoms with Crippen LogP contribution < -0.4 is 5.32 Å². The lowest BCUT2D eigenvalue weighted by molar-refractivity contribution is 0.592. The molecule has 0 aromatic heterocycles. The highest BCUT2D eigenvalue weighted by Gasteiger charge is 1.92. The number of rotatable bonds is 10. The van der Waals surface area contributed by atoms with E-state index in [0.717, 1.165) is 25.9 Å². The van der Waals surface area contributed by atoms with Crippen molar-refractivity contribution in [1.82, 2.24) is 5.32 Å². The number of benzene rings is 1. The van der Waals surface area contributed by atoms with E-state index in [0.29, 0.717) is 6.54 Å². The van der Waals surface area contributed by atoms with E-state index in [9.17, 15) is 0 Å². The molecule has 1 rings (SSSR count). The molecule has 98 valence electrons. The van der Waals surface area contributed by atoms with Crippen molar-refractivity contribution >= 4 is 0 Å². The van der Waals surface area contributed by atoms with Crippen LogP contribution in [0.1, 0.15) is 31.2 Å². The molecule has 0 bridgehead atoms. The average molecular weight is 246 g/mol. The Morgan fingerprint density at radius 3 is 2.44 bits per heavy atom. The Balaban J connectivity index is 1.86. The molecular formula is C14H22N4. The Morgan fingerprint density at radius 1 is 1.00 bits per heavy atom. The monoisotopic (exact) mass is 246 g/mol. The Kier molecular flexibility index (Phi) is 8.59. The highest BCUT2D eigenvalue weighted by molar-refractivity contribution is 5.14. The van der Waals surface area contributed by atoms with Crippen molar-refractivity contribution in [1.29, 1.82) is 0 Å². The van der Waals surface area contributed by atoms with Gasteiger partial charge in [0.15, 0.2) is 0 Å². The summed E-state index contributed by atoms with van der Waals surface area (Å²) < 4.78 is 0. The molecule has 0 radical (unpaired) electrons. The number of unbranched alkanes of at least 4 members (excludes halogenated alkanes) is 2. The molecule has 1 N–H and O–H groups in total. The summed E-state index contributed by atoms with van der Waals surface area (Å²) in [6, 6.07) is 10.6. The maximum Gasteiger partial charge on any atom is 0.0258 e. The molecule has 4 nitrogen and oxygen atoms in total. The average Bonchev–Trinajstić information content (AvgIpc) is 2.42.